The first-order valence-electron chi connectivity index (χ1n) is 7.17. The van der Waals surface area contributed by atoms with Gasteiger partial charge in [0.05, 0.1) is 18.8 Å². The Bertz CT molecular complexity index is 493. The van der Waals surface area contributed by atoms with Gasteiger partial charge in [0.1, 0.15) is 0 Å². The van der Waals surface area contributed by atoms with E-state index in [0.717, 1.165) is 31.0 Å². The highest BCUT2D eigenvalue weighted by Gasteiger charge is 2.13. The maximum Gasteiger partial charge on any atom is 0.192 e. The monoisotopic (exact) mass is 275 g/mol. The summed E-state index contributed by atoms with van der Waals surface area (Å²) >= 11 is 0. The Morgan fingerprint density at radius 1 is 1.30 bits per heavy atom. The molecule has 110 valence electrons. The molecule has 0 aliphatic heterocycles. The van der Waals surface area contributed by atoms with E-state index >= 15 is 0 Å². The lowest BCUT2D eigenvalue weighted by Gasteiger charge is -2.09. The quantitative estimate of drug-likeness (QED) is 0.466. The van der Waals surface area contributed by atoms with Crippen molar-refractivity contribution in [3.63, 3.8) is 0 Å². The second kappa shape index (κ2) is 8.26. The number of hydrogen-bond donors (Lipinski definition) is 2. The van der Waals surface area contributed by atoms with E-state index in [-0.39, 0.29) is 0 Å². The van der Waals surface area contributed by atoms with E-state index < -0.39 is 0 Å². The molecule has 0 aliphatic carbocycles. The summed E-state index contributed by atoms with van der Waals surface area (Å²) in [7, 11) is 1.99. The molecule has 2 N–H and O–H groups in total. The summed E-state index contributed by atoms with van der Waals surface area (Å²) in [5.41, 5.74) is 3.61. The van der Waals surface area contributed by atoms with E-state index in [1.54, 1.807) is 0 Å². The van der Waals surface area contributed by atoms with Crippen LogP contribution in [0, 0.1) is 12.3 Å². The molecule has 0 radical (unpaired) electrons. The first-order valence-corrected chi connectivity index (χ1v) is 7.17. The molecule has 0 aromatic carbocycles. The van der Waals surface area contributed by atoms with Gasteiger partial charge in [-0.3, -0.25) is 4.68 Å². The van der Waals surface area contributed by atoms with Crippen LogP contribution in [-0.2, 0) is 26.4 Å². The van der Waals surface area contributed by atoms with Crippen LogP contribution < -0.4 is 10.6 Å². The Morgan fingerprint density at radius 2 is 2.05 bits per heavy atom. The van der Waals surface area contributed by atoms with E-state index in [1.807, 2.05) is 18.7 Å². The van der Waals surface area contributed by atoms with Crippen LogP contribution in [0.15, 0.2) is 4.99 Å². The van der Waals surface area contributed by atoms with E-state index in [1.165, 1.54) is 11.3 Å². The number of hydrogen-bond acceptors (Lipinski definition) is 2. The van der Waals surface area contributed by atoms with Crippen LogP contribution in [0.2, 0.25) is 0 Å². The molecule has 0 saturated heterocycles. The maximum atomic E-state index is 5.27. The molecule has 20 heavy (non-hydrogen) atoms. The zero-order chi connectivity index (χ0) is 15.0. The summed E-state index contributed by atoms with van der Waals surface area (Å²) in [5, 5.41) is 10.8. The Hall–Kier alpha value is -1.96. The van der Waals surface area contributed by atoms with Gasteiger partial charge in [-0.15, -0.1) is 6.42 Å². The Kier molecular flexibility index (Phi) is 6.65. The summed E-state index contributed by atoms with van der Waals surface area (Å²) in [4.78, 5) is 4.60. The SMILES string of the molecule is C#CCNC(=NCc1c(CC)nn(C)c1CC)NCC. The number of aromatic nitrogens is 2. The van der Waals surface area contributed by atoms with Gasteiger partial charge in [-0.25, -0.2) is 4.99 Å². The molecule has 0 fully saturated rings. The Labute approximate surface area is 121 Å². The lowest BCUT2D eigenvalue weighted by atomic mass is 10.1. The fourth-order valence-corrected chi connectivity index (χ4v) is 2.21. The predicted molar refractivity (Wildman–Crippen MR) is 83.6 cm³/mol. The van der Waals surface area contributed by atoms with Gasteiger partial charge in [-0.2, -0.15) is 5.10 Å². The van der Waals surface area contributed by atoms with Gasteiger partial charge in [0.15, 0.2) is 5.96 Å². The van der Waals surface area contributed by atoms with Gasteiger partial charge in [0.2, 0.25) is 0 Å². The fraction of sp³-hybridized carbons (Fsp3) is 0.600. The topological polar surface area (TPSA) is 54.2 Å². The lowest BCUT2D eigenvalue weighted by Crippen LogP contribution is -2.37. The number of terminal acetylenes is 1. The van der Waals surface area contributed by atoms with Gasteiger partial charge in [0.25, 0.3) is 0 Å². The number of nitrogens with one attached hydrogen (secondary N) is 2. The van der Waals surface area contributed by atoms with Gasteiger partial charge in [-0.05, 0) is 19.8 Å². The molecule has 5 heteroatoms. The second-order valence-corrected chi connectivity index (χ2v) is 4.46. The van der Waals surface area contributed by atoms with E-state index in [4.69, 9.17) is 6.42 Å². The molecular weight excluding hydrogens is 250 g/mol. The van der Waals surface area contributed by atoms with Crippen molar-refractivity contribution >= 4 is 5.96 Å². The summed E-state index contributed by atoms with van der Waals surface area (Å²) in [5.74, 6) is 3.30. The molecule has 1 heterocycles. The molecule has 5 nitrogen and oxygen atoms in total. The molecule has 1 aromatic heterocycles. The fourth-order valence-electron chi connectivity index (χ4n) is 2.21. The summed E-state index contributed by atoms with van der Waals surface area (Å²) < 4.78 is 1.96. The average Bonchev–Trinajstić information content (AvgIpc) is 2.77. The number of aliphatic imine (C=N–C) groups is 1. The molecule has 0 aliphatic rings. The van der Waals surface area contributed by atoms with Crippen molar-refractivity contribution in [2.45, 2.75) is 40.2 Å². The molecule has 0 atom stereocenters. The summed E-state index contributed by atoms with van der Waals surface area (Å²) in [6, 6.07) is 0. The van der Waals surface area contributed by atoms with Crippen LogP contribution in [0.3, 0.4) is 0 Å². The van der Waals surface area contributed by atoms with Crippen LogP contribution >= 0.6 is 0 Å². The Morgan fingerprint density at radius 3 is 2.60 bits per heavy atom. The molecule has 0 saturated carbocycles. The third-order valence-corrected chi connectivity index (χ3v) is 3.13. The molecule has 1 rings (SSSR count). The van der Waals surface area contributed by atoms with Crippen LogP contribution in [-0.4, -0.2) is 28.8 Å². The maximum absolute atomic E-state index is 5.27. The first-order chi connectivity index (χ1) is 9.67. The minimum absolute atomic E-state index is 0.472. The third kappa shape index (κ3) is 4.02. The molecule has 0 spiro atoms. The van der Waals surface area contributed by atoms with Crippen molar-refractivity contribution in [1.82, 2.24) is 20.4 Å². The smallest absolute Gasteiger partial charge is 0.192 e. The van der Waals surface area contributed by atoms with E-state index in [0.29, 0.717) is 13.1 Å². The number of aryl methyl sites for hydroxylation is 2. The minimum atomic E-state index is 0.472. The summed E-state index contributed by atoms with van der Waals surface area (Å²) in [6.07, 6.45) is 7.15. The third-order valence-electron chi connectivity index (χ3n) is 3.13. The van der Waals surface area contributed by atoms with Gasteiger partial charge >= 0.3 is 0 Å². The second-order valence-electron chi connectivity index (χ2n) is 4.46. The first kappa shape index (κ1) is 16.1. The van der Waals surface area contributed by atoms with Crippen LogP contribution in [0.4, 0.5) is 0 Å². The largest absolute Gasteiger partial charge is 0.357 e. The molecule has 0 bridgehead atoms. The molecule has 1 aromatic rings. The average molecular weight is 275 g/mol. The number of guanidine groups is 1. The highest BCUT2D eigenvalue weighted by Crippen LogP contribution is 2.16. The van der Waals surface area contributed by atoms with Gasteiger partial charge in [-0.1, -0.05) is 19.8 Å². The van der Waals surface area contributed by atoms with Crippen molar-refractivity contribution in [3.8, 4) is 12.3 Å². The normalized spacial score (nSPS) is 11.2. The van der Waals surface area contributed by atoms with Crippen LogP contribution in [0.25, 0.3) is 0 Å². The zero-order valence-corrected chi connectivity index (χ0v) is 13.0. The zero-order valence-electron chi connectivity index (χ0n) is 13.0. The lowest BCUT2D eigenvalue weighted by molar-refractivity contribution is 0.703. The van der Waals surface area contributed by atoms with Crippen LogP contribution in [0.5, 0.6) is 0 Å². The van der Waals surface area contributed by atoms with E-state index in [9.17, 15) is 0 Å². The Balaban J connectivity index is 2.92. The van der Waals surface area contributed by atoms with Crippen molar-refractivity contribution in [3.05, 3.63) is 17.0 Å². The van der Waals surface area contributed by atoms with Gasteiger partial charge < -0.3 is 10.6 Å². The highest BCUT2D eigenvalue weighted by atomic mass is 15.3. The van der Waals surface area contributed by atoms with Gasteiger partial charge in [0, 0.05) is 24.8 Å². The van der Waals surface area contributed by atoms with Crippen LogP contribution in [0.1, 0.15) is 37.7 Å². The standard InChI is InChI=1S/C15H25N5/c1-6-10-17-15(16-9-4)18-11-12-13(7-2)19-20(5)14(12)8-3/h1H,7-11H2,2-5H3,(H2,16,17,18). The number of rotatable bonds is 6. The van der Waals surface area contributed by atoms with Crippen molar-refractivity contribution in [2.24, 2.45) is 12.0 Å². The van der Waals surface area contributed by atoms with Crippen molar-refractivity contribution in [2.75, 3.05) is 13.1 Å². The van der Waals surface area contributed by atoms with E-state index in [2.05, 4.69) is 40.5 Å². The molecule has 0 amide bonds. The predicted octanol–water partition coefficient (Wildman–Crippen LogP) is 1.23. The van der Waals surface area contributed by atoms with Crippen molar-refractivity contribution in [1.29, 1.82) is 0 Å². The van der Waals surface area contributed by atoms with Crippen molar-refractivity contribution < 1.29 is 0 Å². The molecular formula is C15H25N5. The highest BCUT2D eigenvalue weighted by molar-refractivity contribution is 5.80. The molecule has 0 unspecified atom stereocenters. The summed E-state index contributed by atoms with van der Waals surface area (Å²) in [6.45, 7) is 8.21. The minimum Gasteiger partial charge on any atom is -0.357 e. The number of nitrogens with zero attached hydrogens (tertiary/aromatic N) is 3.